The molecule has 0 unspecified atom stereocenters. The molecule has 1 aromatic heterocycles. The minimum Gasteiger partial charge on any atom is -0.406 e. The molecule has 2 rings (SSSR count). The van der Waals surface area contributed by atoms with Gasteiger partial charge >= 0.3 is 6.36 Å². The molecular formula is C11H4BrF3N2O2. The number of aromatic nitrogens is 1. The summed E-state index contributed by atoms with van der Waals surface area (Å²) in [6.45, 7) is 0. The van der Waals surface area contributed by atoms with Gasteiger partial charge in [-0.15, -0.1) is 13.2 Å². The summed E-state index contributed by atoms with van der Waals surface area (Å²) in [5, 5.41) is 8.96. The van der Waals surface area contributed by atoms with E-state index in [4.69, 9.17) is 5.26 Å². The van der Waals surface area contributed by atoms with Gasteiger partial charge in [0.1, 0.15) is 17.4 Å². The van der Waals surface area contributed by atoms with Crippen molar-refractivity contribution in [3.05, 3.63) is 38.6 Å². The van der Waals surface area contributed by atoms with Crippen LogP contribution in [0.5, 0.6) is 5.75 Å². The molecule has 0 spiro atoms. The Hall–Kier alpha value is -2.01. The van der Waals surface area contributed by atoms with E-state index in [0.29, 0.717) is 5.52 Å². The molecule has 1 aromatic carbocycles. The highest BCUT2D eigenvalue weighted by Gasteiger charge is 2.31. The largest absolute Gasteiger partial charge is 0.573 e. The van der Waals surface area contributed by atoms with E-state index in [1.165, 1.54) is 6.07 Å². The van der Waals surface area contributed by atoms with Crippen LogP contribution in [0.25, 0.3) is 10.9 Å². The molecule has 0 aliphatic rings. The van der Waals surface area contributed by atoms with Crippen molar-refractivity contribution in [3.8, 4) is 11.8 Å². The van der Waals surface area contributed by atoms with Gasteiger partial charge in [0, 0.05) is 9.86 Å². The van der Waals surface area contributed by atoms with Crippen molar-refractivity contribution in [2.45, 2.75) is 6.36 Å². The van der Waals surface area contributed by atoms with Crippen LogP contribution in [-0.2, 0) is 0 Å². The summed E-state index contributed by atoms with van der Waals surface area (Å²) in [5.74, 6) is -0.442. The minimum absolute atomic E-state index is 0.191. The van der Waals surface area contributed by atoms with Crippen LogP contribution in [0.2, 0.25) is 0 Å². The number of ether oxygens (including phenoxy) is 1. The van der Waals surface area contributed by atoms with Gasteiger partial charge in [0.2, 0.25) is 0 Å². The molecule has 0 atom stereocenters. The molecule has 98 valence electrons. The second-order valence-electron chi connectivity index (χ2n) is 3.54. The number of nitrogens with one attached hydrogen (secondary N) is 1. The van der Waals surface area contributed by atoms with E-state index >= 15 is 0 Å². The molecule has 0 aliphatic heterocycles. The summed E-state index contributed by atoms with van der Waals surface area (Å²) in [6, 6.07) is 5.02. The Labute approximate surface area is 112 Å². The fourth-order valence-electron chi connectivity index (χ4n) is 1.53. The Morgan fingerprint density at radius 3 is 2.58 bits per heavy atom. The lowest BCUT2D eigenvalue weighted by molar-refractivity contribution is -0.274. The van der Waals surface area contributed by atoms with Gasteiger partial charge in [0.05, 0.1) is 5.52 Å². The number of H-pyrrole nitrogens is 1. The summed E-state index contributed by atoms with van der Waals surface area (Å²) in [5.41, 5.74) is -0.512. The highest BCUT2D eigenvalue weighted by atomic mass is 79.9. The predicted molar refractivity (Wildman–Crippen MR) is 63.7 cm³/mol. The number of aromatic amines is 1. The van der Waals surface area contributed by atoms with Crippen molar-refractivity contribution in [1.82, 2.24) is 4.98 Å². The van der Waals surface area contributed by atoms with Crippen molar-refractivity contribution in [2.24, 2.45) is 0 Å². The van der Waals surface area contributed by atoms with Gasteiger partial charge in [-0.05, 0) is 34.1 Å². The third-order valence-corrected chi connectivity index (χ3v) is 2.86. The Balaban J connectivity index is 2.66. The van der Waals surface area contributed by atoms with Crippen LogP contribution in [0, 0.1) is 11.3 Å². The number of hydrogen-bond acceptors (Lipinski definition) is 3. The number of fused-ring (bicyclic) bond motifs is 1. The molecule has 0 amide bonds. The van der Waals surface area contributed by atoms with E-state index in [0.717, 1.165) is 12.1 Å². The summed E-state index contributed by atoms with van der Waals surface area (Å²) in [4.78, 5) is 13.8. The van der Waals surface area contributed by atoms with Gasteiger partial charge in [-0.1, -0.05) is 0 Å². The van der Waals surface area contributed by atoms with Crippen molar-refractivity contribution < 1.29 is 17.9 Å². The van der Waals surface area contributed by atoms with E-state index < -0.39 is 17.7 Å². The number of hydrogen-bond donors (Lipinski definition) is 1. The molecule has 0 fully saturated rings. The predicted octanol–water partition coefficient (Wildman–Crippen LogP) is 3.06. The lowest BCUT2D eigenvalue weighted by atomic mass is 10.1. The van der Waals surface area contributed by atoms with Gasteiger partial charge < -0.3 is 9.72 Å². The number of nitrogens with zero attached hydrogens (tertiary/aromatic N) is 1. The van der Waals surface area contributed by atoms with E-state index in [9.17, 15) is 18.0 Å². The number of rotatable bonds is 1. The van der Waals surface area contributed by atoms with Crippen LogP contribution < -0.4 is 10.3 Å². The van der Waals surface area contributed by atoms with Crippen LogP contribution in [0.3, 0.4) is 0 Å². The zero-order chi connectivity index (χ0) is 14.2. The number of halogens is 4. The molecule has 2 aromatic rings. The van der Waals surface area contributed by atoms with Crippen LogP contribution >= 0.6 is 15.9 Å². The third-order valence-electron chi connectivity index (χ3n) is 2.23. The fraction of sp³-hybridized carbons (Fsp3) is 0.0909. The number of alkyl halides is 3. The summed E-state index contributed by atoms with van der Waals surface area (Å²) in [6.07, 6.45) is -4.81. The quantitative estimate of drug-likeness (QED) is 0.872. The summed E-state index contributed by atoms with van der Waals surface area (Å²) in [7, 11) is 0. The smallest absolute Gasteiger partial charge is 0.406 e. The zero-order valence-electron chi connectivity index (χ0n) is 9.01. The van der Waals surface area contributed by atoms with Crippen molar-refractivity contribution in [3.63, 3.8) is 0 Å². The first kappa shape index (κ1) is 13.4. The molecule has 0 bridgehead atoms. The molecule has 8 heteroatoms. The molecule has 0 aliphatic carbocycles. The average molecular weight is 333 g/mol. The second kappa shape index (κ2) is 4.59. The van der Waals surface area contributed by atoms with Crippen molar-refractivity contribution in [1.29, 1.82) is 5.26 Å². The van der Waals surface area contributed by atoms with Crippen LogP contribution in [0.1, 0.15) is 5.56 Å². The minimum atomic E-state index is -4.81. The third kappa shape index (κ3) is 2.88. The summed E-state index contributed by atoms with van der Waals surface area (Å²) >= 11 is 3.04. The SMILES string of the molecule is N#Cc1cc2cc(OC(F)(F)F)cc(Br)c2[nH]c1=O. The lowest BCUT2D eigenvalue weighted by Crippen LogP contribution is -2.17. The topological polar surface area (TPSA) is 65.9 Å². The maximum atomic E-state index is 12.1. The fourth-order valence-corrected chi connectivity index (χ4v) is 2.08. The van der Waals surface area contributed by atoms with E-state index in [1.807, 2.05) is 0 Å². The van der Waals surface area contributed by atoms with Gasteiger partial charge in [0.15, 0.2) is 0 Å². The first-order valence-corrected chi connectivity index (χ1v) is 5.62. The van der Waals surface area contributed by atoms with Crippen molar-refractivity contribution >= 4 is 26.8 Å². The van der Waals surface area contributed by atoms with Gasteiger partial charge in [-0.2, -0.15) is 5.26 Å². The standard InChI is InChI=1S/C11H4BrF3N2O2/c12-8-3-7(19-11(13,14)15)2-5-1-6(4-16)10(18)17-9(5)8/h1-3H,(H,17,18). The maximum absolute atomic E-state index is 12.1. The average Bonchev–Trinajstić information content (AvgIpc) is 2.27. The lowest BCUT2D eigenvalue weighted by Gasteiger charge is -2.10. The molecule has 0 radical (unpaired) electrons. The van der Waals surface area contributed by atoms with Crippen LogP contribution in [-0.4, -0.2) is 11.3 Å². The van der Waals surface area contributed by atoms with Gasteiger partial charge in [0.25, 0.3) is 5.56 Å². The van der Waals surface area contributed by atoms with Gasteiger partial charge in [-0.25, -0.2) is 0 Å². The summed E-state index contributed by atoms with van der Waals surface area (Å²) < 4.78 is 40.4. The molecule has 1 N–H and O–H groups in total. The maximum Gasteiger partial charge on any atom is 0.573 e. The Morgan fingerprint density at radius 2 is 2.00 bits per heavy atom. The highest BCUT2D eigenvalue weighted by molar-refractivity contribution is 9.10. The molecular weight excluding hydrogens is 329 g/mol. The van der Waals surface area contributed by atoms with Crippen LogP contribution in [0.15, 0.2) is 27.5 Å². The van der Waals surface area contributed by atoms with Crippen molar-refractivity contribution in [2.75, 3.05) is 0 Å². The normalized spacial score (nSPS) is 11.3. The molecule has 19 heavy (non-hydrogen) atoms. The second-order valence-corrected chi connectivity index (χ2v) is 4.40. The van der Waals surface area contributed by atoms with E-state index in [2.05, 4.69) is 25.7 Å². The van der Waals surface area contributed by atoms with Crippen LogP contribution in [0.4, 0.5) is 13.2 Å². The zero-order valence-corrected chi connectivity index (χ0v) is 10.6. The monoisotopic (exact) mass is 332 g/mol. The number of nitriles is 1. The van der Waals surface area contributed by atoms with E-state index in [-0.39, 0.29) is 15.4 Å². The molecule has 0 saturated carbocycles. The molecule has 1 heterocycles. The Kier molecular flexibility index (Phi) is 3.24. The van der Waals surface area contributed by atoms with E-state index in [1.54, 1.807) is 6.07 Å². The molecule has 0 saturated heterocycles. The Bertz CT molecular complexity index is 746. The van der Waals surface area contributed by atoms with Gasteiger partial charge in [-0.3, -0.25) is 4.79 Å². The first-order chi connectivity index (χ1) is 8.80. The first-order valence-electron chi connectivity index (χ1n) is 4.82. The highest BCUT2D eigenvalue weighted by Crippen LogP contribution is 2.31. The molecule has 4 nitrogen and oxygen atoms in total. The number of benzene rings is 1. The number of pyridine rings is 1. The Morgan fingerprint density at radius 1 is 1.32 bits per heavy atom.